The van der Waals surface area contributed by atoms with Crippen LogP contribution in [0.4, 0.5) is 33.6 Å². The standard InChI is InChI=1S/C28H24F5N7O3/c1-43-18-9-14(27(42)37-20-10-15(6-7-35-20)28(31,32)33)8-17(29)22(18)23-24-25(34)36-11-19(30)40(24)26(38-23)13-2-3-16-4-5-21(41)39(16)12-13/h6-11,13,16H,2-5,12H2,1H3,(H2,34,36)(H,35,37,42)/t13-,16+/m1/s1. The molecule has 0 spiro atoms. The summed E-state index contributed by atoms with van der Waals surface area (Å²) in [4.78, 5) is 39.3. The molecule has 5 heterocycles. The molecular weight excluding hydrogens is 577 g/mol. The van der Waals surface area contributed by atoms with Crippen LogP contribution in [-0.4, -0.2) is 55.8 Å². The number of aromatic nitrogens is 4. The van der Waals surface area contributed by atoms with E-state index in [9.17, 15) is 22.8 Å². The smallest absolute Gasteiger partial charge is 0.416 e. The molecule has 0 radical (unpaired) electrons. The van der Waals surface area contributed by atoms with Gasteiger partial charge in [-0.15, -0.1) is 0 Å². The number of alkyl halides is 3. The fraction of sp³-hybridized carbons (Fsp3) is 0.321. The minimum atomic E-state index is -4.66. The van der Waals surface area contributed by atoms with E-state index in [0.717, 1.165) is 35.3 Å². The molecule has 224 valence electrons. The number of nitrogens with two attached hydrogens (primary N) is 1. The number of carbonyl (C=O) groups excluding carboxylic acids is 2. The van der Waals surface area contributed by atoms with E-state index in [1.165, 1.54) is 13.2 Å². The highest BCUT2D eigenvalue weighted by Crippen LogP contribution is 2.42. The summed E-state index contributed by atoms with van der Waals surface area (Å²) in [6.07, 6.45) is -0.341. The van der Waals surface area contributed by atoms with Crippen LogP contribution in [0.3, 0.4) is 0 Å². The Balaban J connectivity index is 1.40. The van der Waals surface area contributed by atoms with Gasteiger partial charge in [0.25, 0.3) is 5.91 Å². The van der Waals surface area contributed by atoms with Gasteiger partial charge in [-0.2, -0.15) is 17.6 Å². The number of hydrogen-bond donors (Lipinski definition) is 2. The fourth-order valence-corrected chi connectivity index (χ4v) is 5.82. The van der Waals surface area contributed by atoms with Crippen molar-refractivity contribution in [2.45, 2.75) is 43.8 Å². The number of imidazole rings is 1. The number of nitrogen functional groups attached to an aromatic ring is 1. The summed E-state index contributed by atoms with van der Waals surface area (Å²) in [5.41, 5.74) is 4.49. The van der Waals surface area contributed by atoms with Crippen LogP contribution >= 0.6 is 0 Å². The lowest BCUT2D eigenvalue weighted by molar-refractivity contribution is -0.137. The third-order valence-electron chi connectivity index (χ3n) is 7.85. The van der Waals surface area contributed by atoms with Crippen molar-refractivity contribution in [3.8, 4) is 17.0 Å². The van der Waals surface area contributed by atoms with Crippen molar-refractivity contribution in [2.75, 3.05) is 24.7 Å². The molecule has 6 rings (SSSR count). The van der Waals surface area contributed by atoms with E-state index in [-0.39, 0.29) is 57.6 Å². The van der Waals surface area contributed by atoms with Crippen molar-refractivity contribution in [3.63, 3.8) is 0 Å². The number of carbonyl (C=O) groups is 2. The van der Waals surface area contributed by atoms with E-state index in [4.69, 9.17) is 10.5 Å². The van der Waals surface area contributed by atoms with Crippen LogP contribution in [0, 0.1) is 11.8 Å². The first-order valence-electron chi connectivity index (χ1n) is 13.3. The molecule has 0 bridgehead atoms. The number of halogens is 5. The van der Waals surface area contributed by atoms with Gasteiger partial charge in [-0.25, -0.2) is 19.3 Å². The minimum Gasteiger partial charge on any atom is -0.496 e. The Hall–Kier alpha value is -4.82. The molecule has 2 amide bonds. The quantitative estimate of drug-likeness (QED) is 0.315. The number of methoxy groups -OCH3 is 1. The molecule has 2 fully saturated rings. The average Bonchev–Trinajstić information content (AvgIpc) is 3.55. The Morgan fingerprint density at radius 3 is 2.67 bits per heavy atom. The number of benzene rings is 1. The number of piperidine rings is 1. The number of pyridine rings is 1. The molecule has 2 saturated heterocycles. The molecule has 0 saturated carbocycles. The number of ether oxygens (including phenoxy) is 1. The molecule has 3 aromatic heterocycles. The van der Waals surface area contributed by atoms with Crippen LogP contribution in [0.1, 0.15) is 53.3 Å². The highest BCUT2D eigenvalue weighted by atomic mass is 19.4. The summed E-state index contributed by atoms with van der Waals surface area (Å²) in [5, 5.41) is 2.22. The molecule has 4 aromatic rings. The van der Waals surface area contributed by atoms with E-state index >= 15 is 8.78 Å². The lowest BCUT2D eigenvalue weighted by Crippen LogP contribution is -2.41. The normalized spacial score (nSPS) is 18.7. The molecule has 0 aliphatic carbocycles. The third kappa shape index (κ3) is 4.97. The molecule has 1 aromatic carbocycles. The van der Waals surface area contributed by atoms with Crippen molar-refractivity contribution >= 4 is 29.0 Å². The average molecular weight is 602 g/mol. The zero-order valence-electron chi connectivity index (χ0n) is 22.6. The minimum absolute atomic E-state index is 0.0133. The summed E-state index contributed by atoms with van der Waals surface area (Å²) in [5.74, 6) is -3.58. The van der Waals surface area contributed by atoms with Crippen LogP contribution < -0.4 is 15.8 Å². The molecular formula is C28H24F5N7O3. The second kappa shape index (κ2) is 10.5. The molecule has 15 heteroatoms. The Labute approximate surface area is 240 Å². The largest absolute Gasteiger partial charge is 0.496 e. The van der Waals surface area contributed by atoms with Gasteiger partial charge in [0.1, 0.15) is 40.2 Å². The van der Waals surface area contributed by atoms with Gasteiger partial charge in [0, 0.05) is 36.7 Å². The van der Waals surface area contributed by atoms with Crippen molar-refractivity contribution in [1.82, 2.24) is 24.3 Å². The summed E-state index contributed by atoms with van der Waals surface area (Å²) in [6.45, 7) is 0.312. The highest BCUT2D eigenvalue weighted by Gasteiger charge is 2.39. The zero-order chi connectivity index (χ0) is 30.6. The number of hydrogen-bond acceptors (Lipinski definition) is 7. The second-order valence-electron chi connectivity index (χ2n) is 10.4. The highest BCUT2D eigenvalue weighted by molar-refractivity contribution is 6.05. The number of anilines is 2. The number of fused-ring (bicyclic) bond motifs is 2. The fourth-order valence-electron chi connectivity index (χ4n) is 5.82. The van der Waals surface area contributed by atoms with E-state index in [2.05, 4.69) is 20.3 Å². The maximum absolute atomic E-state index is 15.9. The van der Waals surface area contributed by atoms with Gasteiger partial charge in [-0.05, 0) is 43.5 Å². The van der Waals surface area contributed by atoms with Gasteiger partial charge in [0.05, 0.1) is 24.4 Å². The maximum Gasteiger partial charge on any atom is 0.416 e. The first-order valence-corrected chi connectivity index (χ1v) is 13.3. The van der Waals surface area contributed by atoms with Gasteiger partial charge in [0.2, 0.25) is 11.9 Å². The first-order chi connectivity index (χ1) is 20.5. The molecule has 10 nitrogen and oxygen atoms in total. The van der Waals surface area contributed by atoms with E-state index in [0.29, 0.717) is 31.9 Å². The Morgan fingerprint density at radius 1 is 1.14 bits per heavy atom. The van der Waals surface area contributed by atoms with E-state index < -0.39 is 35.2 Å². The van der Waals surface area contributed by atoms with Gasteiger partial charge in [-0.3, -0.25) is 14.0 Å². The molecule has 3 N–H and O–H groups in total. The first kappa shape index (κ1) is 28.3. The van der Waals surface area contributed by atoms with E-state index in [1.54, 1.807) is 4.90 Å². The van der Waals surface area contributed by atoms with Gasteiger partial charge >= 0.3 is 6.18 Å². The second-order valence-corrected chi connectivity index (χ2v) is 10.4. The SMILES string of the molecule is COc1cc(C(=O)Nc2cc(C(F)(F)F)ccn2)cc(F)c1-c1nc([C@@H]2CC[C@H]3CCC(=O)N3C2)n2c(F)cnc(N)c12. The molecule has 2 atom stereocenters. The van der Waals surface area contributed by atoms with Crippen molar-refractivity contribution in [2.24, 2.45) is 0 Å². The van der Waals surface area contributed by atoms with Gasteiger partial charge in [-0.1, -0.05) is 0 Å². The topological polar surface area (TPSA) is 128 Å². The van der Waals surface area contributed by atoms with Gasteiger partial charge in [0.15, 0.2) is 0 Å². The van der Waals surface area contributed by atoms with Crippen LogP contribution in [-0.2, 0) is 11.0 Å². The van der Waals surface area contributed by atoms with Crippen LogP contribution in [0.25, 0.3) is 16.8 Å². The summed E-state index contributed by atoms with van der Waals surface area (Å²) in [7, 11) is 1.22. The number of amides is 2. The van der Waals surface area contributed by atoms with Gasteiger partial charge < -0.3 is 20.7 Å². The monoisotopic (exact) mass is 601 g/mol. The summed E-state index contributed by atoms with van der Waals surface area (Å²) < 4.78 is 76.9. The molecule has 2 aliphatic rings. The van der Waals surface area contributed by atoms with Crippen LogP contribution in [0.5, 0.6) is 5.75 Å². The third-order valence-corrected chi connectivity index (χ3v) is 7.85. The van der Waals surface area contributed by atoms with Crippen molar-refractivity contribution in [3.05, 3.63) is 65.4 Å². The molecule has 2 aliphatic heterocycles. The Bertz CT molecular complexity index is 1770. The Kier molecular flexibility index (Phi) is 6.89. The summed E-state index contributed by atoms with van der Waals surface area (Å²) >= 11 is 0. The number of rotatable bonds is 5. The molecule has 0 unspecified atom stereocenters. The Morgan fingerprint density at radius 2 is 1.93 bits per heavy atom. The number of nitrogens with zero attached hydrogens (tertiary/aromatic N) is 5. The van der Waals surface area contributed by atoms with Crippen LogP contribution in [0.2, 0.25) is 0 Å². The maximum atomic E-state index is 15.9. The lowest BCUT2D eigenvalue weighted by Gasteiger charge is -2.34. The zero-order valence-corrected chi connectivity index (χ0v) is 22.6. The van der Waals surface area contributed by atoms with Crippen molar-refractivity contribution in [1.29, 1.82) is 0 Å². The van der Waals surface area contributed by atoms with Crippen LogP contribution in [0.15, 0.2) is 36.7 Å². The summed E-state index contributed by atoms with van der Waals surface area (Å²) in [6, 6.07) is 3.53. The number of nitrogens with one attached hydrogen (secondary N) is 1. The lowest BCUT2D eigenvalue weighted by atomic mass is 9.92. The van der Waals surface area contributed by atoms with E-state index in [1.807, 2.05) is 0 Å². The predicted molar refractivity (Wildman–Crippen MR) is 143 cm³/mol. The predicted octanol–water partition coefficient (Wildman–Crippen LogP) is 4.80. The molecule has 43 heavy (non-hydrogen) atoms. The van der Waals surface area contributed by atoms with Crippen molar-refractivity contribution < 1.29 is 36.3 Å².